The molecule has 0 saturated carbocycles. The Morgan fingerprint density at radius 1 is 1.46 bits per heavy atom. The Labute approximate surface area is 83.3 Å². The van der Waals surface area contributed by atoms with Gasteiger partial charge in [-0.15, -0.1) is 0 Å². The zero-order valence-corrected chi connectivity index (χ0v) is 8.38. The fraction of sp³-hybridized carbons (Fsp3) is 0.143. The molecule has 4 nitrogen and oxygen atoms in total. The number of hydroxylamine groups is 1. The van der Waals surface area contributed by atoms with Crippen molar-refractivity contribution >= 4 is 28.6 Å². The summed E-state index contributed by atoms with van der Waals surface area (Å²) in [5, 5.41) is 9.92. The maximum atomic E-state index is 10.6. The summed E-state index contributed by atoms with van der Waals surface area (Å²) in [6, 6.07) is 5.91. The van der Waals surface area contributed by atoms with Gasteiger partial charge in [0.15, 0.2) is 17.0 Å². The van der Waals surface area contributed by atoms with Crippen LogP contribution in [0.1, 0.15) is 0 Å². The van der Waals surface area contributed by atoms with Crippen LogP contribution in [-0.2, 0) is 11.3 Å². The Morgan fingerprint density at radius 2 is 1.92 bits per heavy atom. The highest BCUT2D eigenvalue weighted by Crippen LogP contribution is 2.22. The van der Waals surface area contributed by atoms with Crippen molar-refractivity contribution in [1.82, 2.24) is 4.05 Å². The van der Waals surface area contributed by atoms with E-state index in [4.69, 9.17) is 11.6 Å². The third-order valence-electron chi connectivity index (χ3n) is 1.60. The first-order valence-electron chi connectivity index (χ1n) is 3.40. The molecular weight excluding hydrogens is 214 g/mol. The summed E-state index contributed by atoms with van der Waals surface area (Å²) >= 11 is 2.97. The number of quaternary nitrogens is 1. The summed E-state index contributed by atoms with van der Waals surface area (Å²) in [6.45, 7) is 0. The van der Waals surface area contributed by atoms with Crippen LogP contribution < -0.4 is 4.05 Å². The van der Waals surface area contributed by atoms with Crippen LogP contribution in [0.5, 0.6) is 0 Å². The van der Waals surface area contributed by atoms with Crippen molar-refractivity contribution in [3.8, 4) is 0 Å². The van der Waals surface area contributed by atoms with Gasteiger partial charge in [0.05, 0.1) is 0 Å². The van der Waals surface area contributed by atoms with Crippen molar-refractivity contribution < 1.29 is 14.0 Å². The zero-order valence-electron chi connectivity index (χ0n) is 6.81. The molecule has 0 aliphatic carbocycles. The second-order valence-corrected chi connectivity index (χ2v) is 4.15. The van der Waals surface area contributed by atoms with E-state index in [1.807, 2.05) is 0 Å². The van der Waals surface area contributed by atoms with Gasteiger partial charge in [0.25, 0.3) is 0 Å². The maximum absolute atomic E-state index is 10.6. The summed E-state index contributed by atoms with van der Waals surface area (Å²) in [6.07, 6.45) is 0. The average Bonchev–Trinajstić information content (AvgIpc) is 2.04. The van der Waals surface area contributed by atoms with Crippen LogP contribution in [0.4, 0.5) is 5.69 Å². The van der Waals surface area contributed by atoms with Crippen LogP contribution in [-0.4, -0.2) is 21.0 Å². The van der Waals surface area contributed by atoms with E-state index in [9.17, 15) is 14.0 Å². The van der Waals surface area contributed by atoms with Gasteiger partial charge >= 0.3 is 0 Å². The van der Waals surface area contributed by atoms with E-state index in [1.165, 1.54) is 24.3 Å². The number of nitrogens with zero attached hydrogens (tertiary/aromatic N) is 1. The predicted molar refractivity (Wildman–Crippen MR) is 49.9 cm³/mol. The highest BCUT2D eigenvalue weighted by molar-refractivity contribution is 7.78. The lowest BCUT2D eigenvalue weighted by molar-refractivity contribution is 0.0347. The molecule has 0 aromatic heterocycles. The van der Waals surface area contributed by atoms with Gasteiger partial charge in [0.2, 0.25) is 0 Å². The number of halogens is 1. The van der Waals surface area contributed by atoms with E-state index in [2.05, 4.69) is 0 Å². The third-order valence-corrected chi connectivity index (χ3v) is 2.64. The van der Waals surface area contributed by atoms with E-state index >= 15 is 0 Å². The van der Waals surface area contributed by atoms with Crippen molar-refractivity contribution in [1.29, 1.82) is 0 Å². The Bertz CT molecular complexity index is 325. The van der Waals surface area contributed by atoms with E-state index < -0.39 is 15.3 Å². The lowest BCUT2D eigenvalue weighted by atomic mass is 10.3. The topological polar surface area (TPSA) is 60.4 Å². The van der Waals surface area contributed by atoms with Crippen LogP contribution in [0.2, 0.25) is 5.02 Å². The Kier molecular flexibility index (Phi) is 3.05. The fourth-order valence-electron chi connectivity index (χ4n) is 0.804. The number of hydrogen-bond donors (Lipinski definition) is 1. The Balaban J connectivity index is 3.08. The van der Waals surface area contributed by atoms with Crippen molar-refractivity contribution in [2.24, 2.45) is 0 Å². The number of benzene rings is 1. The Hall–Kier alpha value is -0.460. The molecule has 0 heterocycles. The van der Waals surface area contributed by atoms with Gasteiger partial charge in [-0.2, -0.15) is 5.21 Å². The maximum Gasteiger partial charge on any atom is 0.187 e. The molecule has 1 rings (SSSR count). The summed E-state index contributed by atoms with van der Waals surface area (Å²) < 4.78 is 20.0. The van der Waals surface area contributed by atoms with Gasteiger partial charge in [-0.3, -0.25) is 0 Å². The lowest BCUT2D eigenvalue weighted by Gasteiger charge is -2.24. The molecule has 1 aromatic rings. The highest BCUT2D eigenvalue weighted by atomic mass is 35.5. The van der Waals surface area contributed by atoms with Gasteiger partial charge in [-0.25, -0.2) is 4.21 Å². The molecule has 0 spiro atoms. The van der Waals surface area contributed by atoms with Gasteiger partial charge in [-0.05, 0) is 12.1 Å². The van der Waals surface area contributed by atoms with E-state index in [1.54, 1.807) is 0 Å². The quantitative estimate of drug-likeness (QED) is 0.467. The fourth-order valence-corrected chi connectivity index (χ4v) is 1.22. The van der Waals surface area contributed by atoms with E-state index in [0.29, 0.717) is 5.02 Å². The van der Waals surface area contributed by atoms with Crippen LogP contribution in [0.25, 0.3) is 0 Å². The predicted octanol–water partition coefficient (Wildman–Crippen LogP) is 1.46. The minimum absolute atomic E-state index is 0.234. The van der Waals surface area contributed by atoms with Crippen molar-refractivity contribution in [2.75, 3.05) is 7.05 Å². The monoisotopic (exact) mass is 221 g/mol. The normalized spacial score (nSPS) is 17.8. The molecular formula is C7H8ClNO3S. The smallest absolute Gasteiger partial charge is 0.187 e. The number of hydrogen-bond acceptors (Lipinski definition) is 3. The van der Waals surface area contributed by atoms with Crippen LogP contribution in [0, 0.1) is 0 Å². The molecule has 0 fully saturated rings. The molecule has 1 N–H and O–H groups in total. The van der Waals surface area contributed by atoms with Gasteiger partial charge in [0, 0.05) is 17.2 Å². The van der Waals surface area contributed by atoms with Gasteiger partial charge in [-0.1, -0.05) is 15.7 Å². The molecule has 72 valence electrons. The Morgan fingerprint density at radius 3 is 2.31 bits per heavy atom. The average molecular weight is 222 g/mol. The highest BCUT2D eigenvalue weighted by Gasteiger charge is 2.24. The first-order chi connectivity index (χ1) is 5.94. The van der Waals surface area contributed by atoms with E-state index in [-0.39, 0.29) is 5.69 Å². The standard InChI is InChI=1S/C7H8ClNO3S/c1-9(10,13(11)12)7-4-2-6(8)3-5-7/h2-5,10H,1H3. The largest absolute Gasteiger partial charge is 0.722 e. The molecule has 0 radical (unpaired) electrons. The van der Waals surface area contributed by atoms with Crippen LogP contribution in [0.15, 0.2) is 24.3 Å². The molecule has 0 bridgehead atoms. The number of rotatable bonds is 2. The molecule has 0 saturated heterocycles. The molecule has 6 heteroatoms. The molecule has 0 aliphatic rings. The van der Waals surface area contributed by atoms with Gasteiger partial charge < -0.3 is 4.55 Å². The minimum Gasteiger partial charge on any atom is -0.722 e. The summed E-state index contributed by atoms with van der Waals surface area (Å²) in [4.78, 5) is 0. The van der Waals surface area contributed by atoms with E-state index in [0.717, 1.165) is 7.05 Å². The first-order valence-corrected chi connectivity index (χ1v) is 4.81. The molecule has 13 heavy (non-hydrogen) atoms. The van der Waals surface area contributed by atoms with Gasteiger partial charge in [0.1, 0.15) is 7.05 Å². The summed E-state index contributed by atoms with van der Waals surface area (Å²) in [5.74, 6) is 0. The third kappa shape index (κ3) is 2.26. The van der Waals surface area contributed by atoms with Crippen LogP contribution >= 0.6 is 11.6 Å². The molecule has 0 amide bonds. The SMILES string of the molecule is C[N+](O)(c1ccc(Cl)cc1)S(=O)[O-]. The van der Waals surface area contributed by atoms with Crippen molar-refractivity contribution in [2.45, 2.75) is 0 Å². The minimum atomic E-state index is -2.63. The van der Waals surface area contributed by atoms with Crippen LogP contribution in [0.3, 0.4) is 0 Å². The molecule has 2 atom stereocenters. The second-order valence-electron chi connectivity index (χ2n) is 2.57. The molecule has 0 aliphatic heterocycles. The van der Waals surface area contributed by atoms with Crippen molar-refractivity contribution in [3.05, 3.63) is 29.3 Å². The second kappa shape index (κ2) is 3.73. The zero-order chi connectivity index (χ0) is 10.1. The summed E-state index contributed by atoms with van der Waals surface area (Å²) in [5.41, 5.74) is 0.234. The molecule has 1 aromatic carbocycles. The lowest BCUT2D eigenvalue weighted by Crippen LogP contribution is -2.42. The molecule has 2 unspecified atom stereocenters. The summed E-state index contributed by atoms with van der Waals surface area (Å²) in [7, 11) is 1.15. The first kappa shape index (κ1) is 10.6. The van der Waals surface area contributed by atoms with Crippen molar-refractivity contribution in [3.63, 3.8) is 0 Å².